The molecule has 0 amide bonds. The SMILES string of the molecule is CN=C(NCCc1c[nH]c2ccc(F)cc12)N1CCC(Oc2ccccc2)CC1.I. The Morgan fingerprint density at radius 3 is 2.70 bits per heavy atom. The molecule has 0 aliphatic carbocycles. The summed E-state index contributed by atoms with van der Waals surface area (Å²) in [6.45, 7) is 2.57. The van der Waals surface area contributed by atoms with Gasteiger partial charge < -0.3 is 19.9 Å². The molecule has 30 heavy (non-hydrogen) atoms. The van der Waals surface area contributed by atoms with E-state index < -0.39 is 0 Å². The normalized spacial score (nSPS) is 15.1. The van der Waals surface area contributed by atoms with Gasteiger partial charge in [-0.1, -0.05) is 18.2 Å². The number of rotatable bonds is 5. The summed E-state index contributed by atoms with van der Waals surface area (Å²) in [6.07, 6.45) is 4.94. The van der Waals surface area contributed by atoms with Crippen LogP contribution in [0.4, 0.5) is 4.39 Å². The molecule has 0 saturated carbocycles. The summed E-state index contributed by atoms with van der Waals surface area (Å²) in [5.74, 6) is 1.64. The van der Waals surface area contributed by atoms with Crippen molar-refractivity contribution in [1.29, 1.82) is 0 Å². The van der Waals surface area contributed by atoms with Crippen LogP contribution in [0.1, 0.15) is 18.4 Å². The van der Waals surface area contributed by atoms with Gasteiger partial charge in [-0.3, -0.25) is 4.99 Å². The Kier molecular flexibility index (Phi) is 7.95. The lowest BCUT2D eigenvalue weighted by atomic mass is 10.1. The molecule has 0 radical (unpaired) electrons. The third-order valence-electron chi connectivity index (χ3n) is 5.41. The third-order valence-corrected chi connectivity index (χ3v) is 5.41. The summed E-state index contributed by atoms with van der Waals surface area (Å²) >= 11 is 0. The van der Waals surface area contributed by atoms with Gasteiger partial charge in [0.05, 0.1) is 0 Å². The number of benzene rings is 2. The quantitative estimate of drug-likeness (QED) is 0.293. The molecule has 0 atom stereocenters. The number of fused-ring (bicyclic) bond motifs is 1. The zero-order valence-electron chi connectivity index (χ0n) is 17.1. The van der Waals surface area contributed by atoms with Gasteiger partial charge in [-0.05, 0) is 42.3 Å². The Hall–Kier alpha value is -2.29. The molecule has 0 bridgehead atoms. The van der Waals surface area contributed by atoms with Crippen LogP contribution in [-0.4, -0.2) is 48.6 Å². The highest BCUT2D eigenvalue weighted by Gasteiger charge is 2.22. The van der Waals surface area contributed by atoms with Crippen LogP contribution in [0.3, 0.4) is 0 Å². The maximum Gasteiger partial charge on any atom is 0.193 e. The minimum absolute atomic E-state index is 0. The van der Waals surface area contributed by atoms with Gasteiger partial charge in [-0.25, -0.2) is 4.39 Å². The van der Waals surface area contributed by atoms with Crippen LogP contribution in [0, 0.1) is 5.82 Å². The van der Waals surface area contributed by atoms with Crippen molar-refractivity contribution >= 4 is 40.8 Å². The smallest absolute Gasteiger partial charge is 0.193 e. The topological polar surface area (TPSA) is 52.7 Å². The lowest BCUT2D eigenvalue weighted by molar-refractivity contribution is 0.129. The van der Waals surface area contributed by atoms with E-state index in [4.69, 9.17) is 4.74 Å². The predicted octanol–water partition coefficient (Wildman–Crippen LogP) is 4.59. The Labute approximate surface area is 193 Å². The van der Waals surface area contributed by atoms with Crippen molar-refractivity contribution in [3.05, 3.63) is 66.1 Å². The van der Waals surface area contributed by atoms with E-state index >= 15 is 0 Å². The van der Waals surface area contributed by atoms with Gasteiger partial charge in [-0.2, -0.15) is 0 Å². The molecule has 1 fully saturated rings. The number of H-pyrrole nitrogens is 1. The van der Waals surface area contributed by atoms with Crippen LogP contribution in [-0.2, 0) is 6.42 Å². The van der Waals surface area contributed by atoms with Gasteiger partial charge in [0.2, 0.25) is 0 Å². The van der Waals surface area contributed by atoms with Crippen LogP contribution in [0.25, 0.3) is 10.9 Å². The minimum Gasteiger partial charge on any atom is -0.490 e. The number of hydrogen-bond acceptors (Lipinski definition) is 2. The predicted molar refractivity (Wildman–Crippen MR) is 130 cm³/mol. The monoisotopic (exact) mass is 522 g/mol. The molecule has 1 saturated heterocycles. The van der Waals surface area contributed by atoms with Crippen molar-refractivity contribution in [1.82, 2.24) is 15.2 Å². The van der Waals surface area contributed by atoms with Crippen LogP contribution >= 0.6 is 24.0 Å². The molecular weight excluding hydrogens is 494 g/mol. The second-order valence-corrected chi connectivity index (χ2v) is 7.35. The highest BCUT2D eigenvalue weighted by Crippen LogP contribution is 2.20. The Morgan fingerprint density at radius 1 is 1.20 bits per heavy atom. The lowest BCUT2D eigenvalue weighted by Gasteiger charge is -2.34. The zero-order valence-corrected chi connectivity index (χ0v) is 19.4. The summed E-state index contributed by atoms with van der Waals surface area (Å²) in [5, 5.41) is 4.39. The van der Waals surface area contributed by atoms with Gasteiger partial charge in [0.1, 0.15) is 17.7 Å². The number of aromatic amines is 1. The van der Waals surface area contributed by atoms with E-state index in [1.54, 1.807) is 12.1 Å². The average Bonchev–Trinajstić information content (AvgIpc) is 3.15. The fourth-order valence-corrected chi connectivity index (χ4v) is 3.88. The molecule has 0 spiro atoms. The van der Waals surface area contributed by atoms with E-state index in [2.05, 4.69) is 20.2 Å². The number of ether oxygens (including phenoxy) is 1. The van der Waals surface area contributed by atoms with Crippen LogP contribution < -0.4 is 10.1 Å². The van der Waals surface area contributed by atoms with E-state index in [-0.39, 0.29) is 35.9 Å². The van der Waals surface area contributed by atoms with Crippen molar-refractivity contribution in [2.24, 2.45) is 4.99 Å². The van der Waals surface area contributed by atoms with Crippen molar-refractivity contribution < 1.29 is 9.13 Å². The highest BCUT2D eigenvalue weighted by molar-refractivity contribution is 14.0. The Morgan fingerprint density at radius 2 is 1.97 bits per heavy atom. The maximum atomic E-state index is 13.5. The maximum absolute atomic E-state index is 13.5. The average molecular weight is 522 g/mol. The number of guanidine groups is 1. The number of nitrogens with zero attached hydrogens (tertiary/aromatic N) is 2. The van der Waals surface area contributed by atoms with Crippen molar-refractivity contribution in [3.63, 3.8) is 0 Å². The molecule has 1 aromatic heterocycles. The molecule has 160 valence electrons. The number of para-hydroxylation sites is 1. The number of likely N-dealkylation sites (tertiary alicyclic amines) is 1. The van der Waals surface area contributed by atoms with Gasteiger partial charge in [0.25, 0.3) is 0 Å². The van der Waals surface area contributed by atoms with Gasteiger partial charge >= 0.3 is 0 Å². The first kappa shape index (κ1) is 22.4. The minimum atomic E-state index is -0.206. The Balaban J connectivity index is 0.00000256. The van der Waals surface area contributed by atoms with Gasteiger partial charge in [-0.15, -0.1) is 24.0 Å². The number of aliphatic imine (C=N–C) groups is 1. The third kappa shape index (κ3) is 5.44. The summed E-state index contributed by atoms with van der Waals surface area (Å²) in [6, 6.07) is 14.9. The van der Waals surface area contributed by atoms with Crippen LogP contribution in [0.15, 0.2) is 59.7 Å². The molecule has 0 unspecified atom stereocenters. The van der Waals surface area contributed by atoms with E-state index in [0.29, 0.717) is 0 Å². The van der Waals surface area contributed by atoms with E-state index in [9.17, 15) is 4.39 Å². The van der Waals surface area contributed by atoms with E-state index in [1.807, 2.05) is 43.6 Å². The number of hydrogen-bond donors (Lipinski definition) is 2. The summed E-state index contributed by atoms with van der Waals surface area (Å²) < 4.78 is 19.6. The second-order valence-electron chi connectivity index (χ2n) is 7.35. The largest absolute Gasteiger partial charge is 0.490 e. The standard InChI is InChI=1S/C23H27FN4O.HI/c1-25-23(26-12-9-17-16-27-22-8-7-18(24)15-21(17)22)28-13-10-20(11-14-28)29-19-5-3-2-4-6-19;/h2-8,15-16,20,27H,9-14H2,1H3,(H,25,26);1H. The molecule has 2 heterocycles. The molecule has 5 nitrogen and oxygen atoms in total. The van der Waals surface area contributed by atoms with Gasteiger partial charge in [0, 0.05) is 56.6 Å². The van der Waals surface area contributed by atoms with Crippen molar-refractivity contribution in [2.75, 3.05) is 26.7 Å². The molecule has 1 aliphatic heterocycles. The number of halogens is 2. The van der Waals surface area contributed by atoms with Crippen LogP contribution in [0.5, 0.6) is 5.75 Å². The Bertz CT molecular complexity index is 968. The van der Waals surface area contributed by atoms with E-state index in [1.165, 1.54) is 6.07 Å². The molecule has 4 rings (SSSR count). The van der Waals surface area contributed by atoms with Crippen molar-refractivity contribution in [2.45, 2.75) is 25.4 Å². The molecule has 7 heteroatoms. The second kappa shape index (κ2) is 10.7. The molecule has 2 N–H and O–H groups in total. The fraction of sp³-hybridized carbons (Fsp3) is 0.348. The zero-order chi connectivity index (χ0) is 20.1. The first-order valence-corrected chi connectivity index (χ1v) is 10.2. The first-order chi connectivity index (χ1) is 14.2. The summed E-state index contributed by atoms with van der Waals surface area (Å²) in [5.41, 5.74) is 2.07. The van der Waals surface area contributed by atoms with Gasteiger partial charge in [0.15, 0.2) is 5.96 Å². The van der Waals surface area contributed by atoms with Crippen molar-refractivity contribution in [3.8, 4) is 5.75 Å². The number of aromatic nitrogens is 1. The van der Waals surface area contributed by atoms with E-state index in [0.717, 1.165) is 67.1 Å². The molecule has 1 aliphatic rings. The summed E-state index contributed by atoms with van der Waals surface area (Å²) in [7, 11) is 1.82. The lowest BCUT2D eigenvalue weighted by Crippen LogP contribution is -2.47. The molecule has 3 aromatic rings. The fourth-order valence-electron chi connectivity index (χ4n) is 3.88. The summed E-state index contributed by atoms with van der Waals surface area (Å²) in [4.78, 5) is 9.92. The number of nitrogens with one attached hydrogen (secondary N) is 2. The number of piperidine rings is 1. The molecular formula is C23H28FIN4O. The molecule has 2 aromatic carbocycles. The highest BCUT2D eigenvalue weighted by atomic mass is 127. The van der Waals surface area contributed by atoms with Crippen LogP contribution in [0.2, 0.25) is 0 Å². The first-order valence-electron chi connectivity index (χ1n) is 10.2.